The van der Waals surface area contributed by atoms with Gasteiger partial charge >= 0.3 is 0 Å². The fraction of sp³-hybridized carbons (Fsp3) is 0.385. The van der Waals surface area contributed by atoms with Crippen LogP contribution in [0.3, 0.4) is 0 Å². The maximum Gasteiger partial charge on any atom is 0.0497 e. The highest BCUT2D eigenvalue weighted by Gasteiger charge is 2.16. The molecule has 1 N–H and O–H groups in total. The van der Waals surface area contributed by atoms with Crippen molar-refractivity contribution >= 4 is 22.5 Å². The Labute approximate surface area is 100 Å². The van der Waals surface area contributed by atoms with Gasteiger partial charge in [-0.05, 0) is 49.5 Å². The van der Waals surface area contributed by atoms with Gasteiger partial charge in [-0.1, -0.05) is 17.7 Å². The van der Waals surface area contributed by atoms with Crippen LogP contribution < -0.4 is 5.32 Å². The Morgan fingerprint density at radius 3 is 2.81 bits per heavy atom. The number of rotatable bonds is 1. The highest BCUT2D eigenvalue weighted by Crippen LogP contribution is 2.27. The van der Waals surface area contributed by atoms with Crippen LogP contribution in [0.2, 0.25) is 5.02 Å². The Hall–Kier alpha value is -0.990. The van der Waals surface area contributed by atoms with Crippen LogP contribution in [0.25, 0.3) is 10.9 Å². The monoisotopic (exact) mass is 234 g/mol. The summed E-state index contributed by atoms with van der Waals surface area (Å²) < 4.78 is 2.38. The summed E-state index contributed by atoms with van der Waals surface area (Å²) in [6, 6.07) is 8.91. The minimum absolute atomic E-state index is 0.622. The van der Waals surface area contributed by atoms with Gasteiger partial charge in [-0.2, -0.15) is 0 Å². The maximum atomic E-state index is 6.06. The van der Waals surface area contributed by atoms with Crippen molar-refractivity contribution in [1.29, 1.82) is 0 Å². The second-order valence-corrected chi connectivity index (χ2v) is 4.84. The average Bonchev–Trinajstić information content (AvgIpc) is 2.73. The predicted molar refractivity (Wildman–Crippen MR) is 68.1 cm³/mol. The van der Waals surface area contributed by atoms with E-state index in [1.165, 1.54) is 23.7 Å². The molecule has 84 valence electrons. The highest BCUT2D eigenvalue weighted by molar-refractivity contribution is 6.31. The van der Waals surface area contributed by atoms with E-state index in [0.29, 0.717) is 6.04 Å². The summed E-state index contributed by atoms with van der Waals surface area (Å²) in [5, 5.41) is 5.50. The summed E-state index contributed by atoms with van der Waals surface area (Å²) in [7, 11) is 0. The molecule has 0 bridgehead atoms. The van der Waals surface area contributed by atoms with Crippen molar-refractivity contribution in [2.75, 3.05) is 13.1 Å². The van der Waals surface area contributed by atoms with E-state index in [1.54, 1.807) is 0 Å². The molecule has 1 aromatic carbocycles. The number of benzene rings is 1. The van der Waals surface area contributed by atoms with Crippen LogP contribution in [0.1, 0.15) is 18.9 Å². The lowest BCUT2D eigenvalue weighted by Gasteiger charge is -2.25. The zero-order valence-electron chi connectivity index (χ0n) is 9.12. The second-order valence-electron chi connectivity index (χ2n) is 4.41. The van der Waals surface area contributed by atoms with E-state index in [2.05, 4.69) is 34.3 Å². The number of hydrogen-bond acceptors (Lipinski definition) is 1. The summed E-state index contributed by atoms with van der Waals surface area (Å²) in [5.74, 6) is 0. The molecule has 0 saturated carbocycles. The minimum atomic E-state index is 0.622. The van der Waals surface area contributed by atoms with Gasteiger partial charge in [0.2, 0.25) is 0 Å². The van der Waals surface area contributed by atoms with Crippen LogP contribution in [0.4, 0.5) is 0 Å². The fourth-order valence-corrected chi connectivity index (χ4v) is 2.69. The van der Waals surface area contributed by atoms with E-state index in [0.717, 1.165) is 18.1 Å². The van der Waals surface area contributed by atoms with Gasteiger partial charge in [0.05, 0.1) is 0 Å². The Morgan fingerprint density at radius 1 is 1.19 bits per heavy atom. The topological polar surface area (TPSA) is 17.0 Å². The van der Waals surface area contributed by atoms with E-state index in [9.17, 15) is 0 Å². The van der Waals surface area contributed by atoms with Crippen molar-refractivity contribution in [3.05, 3.63) is 35.5 Å². The summed E-state index contributed by atoms with van der Waals surface area (Å²) in [6.07, 6.45) is 4.60. The zero-order valence-corrected chi connectivity index (χ0v) is 9.87. The van der Waals surface area contributed by atoms with E-state index in [1.807, 2.05) is 6.07 Å². The normalized spacial score (nSPS) is 18.1. The first-order valence-corrected chi connectivity index (χ1v) is 6.19. The first kappa shape index (κ1) is 10.2. The van der Waals surface area contributed by atoms with Crippen LogP contribution >= 0.6 is 11.6 Å². The van der Waals surface area contributed by atoms with E-state index >= 15 is 0 Å². The van der Waals surface area contributed by atoms with Crippen molar-refractivity contribution in [2.24, 2.45) is 0 Å². The molecule has 1 aliphatic heterocycles. The first-order valence-electron chi connectivity index (χ1n) is 5.81. The summed E-state index contributed by atoms with van der Waals surface area (Å²) >= 11 is 6.06. The number of halogens is 1. The molecule has 0 spiro atoms. The Bertz CT molecular complexity index is 498. The molecule has 16 heavy (non-hydrogen) atoms. The molecular weight excluding hydrogens is 220 g/mol. The van der Waals surface area contributed by atoms with E-state index in [-0.39, 0.29) is 0 Å². The third-order valence-corrected chi connectivity index (χ3v) is 3.62. The molecule has 0 radical (unpaired) electrons. The molecule has 1 fully saturated rings. The van der Waals surface area contributed by atoms with Gasteiger partial charge in [0.1, 0.15) is 0 Å². The van der Waals surface area contributed by atoms with Gasteiger partial charge in [0.25, 0.3) is 0 Å². The van der Waals surface area contributed by atoms with Crippen molar-refractivity contribution in [3.63, 3.8) is 0 Å². The van der Waals surface area contributed by atoms with Crippen molar-refractivity contribution < 1.29 is 0 Å². The molecule has 2 nitrogen and oxygen atoms in total. The molecular formula is C13H15ClN2. The summed E-state index contributed by atoms with van der Waals surface area (Å²) in [6.45, 7) is 2.23. The molecule has 0 amide bonds. The first-order chi connectivity index (χ1) is 7.84. The number of nitrogens with one attached hydrogen (secondary N) is 1. The molecule has 3 rings (SSSR count). The molecule has 1 aromatic heterocycles. The maximum absolute atomic E-state index is 6.06. The molecule has 0 unspecified atom stereocenters. The van der Waals surface area contributed by atoms with Crippen LogP contribution in [0.5, 0.6) is 0 Å². The highest BCUT2D eigenvalue weighted by atomic mass is 35.5. The Morgan fingerprint density at radius 2 is 2.00 bits per heavy atom. The van der Waals surface area contributed by atoms with E-state index in [4.69, 9.17) is 11.6 Å². The second kappa shape index (κ2) is 4.11. The van der Waals surface area contributed by atoms with Crippen LogP contribution in [-0.4, -0.2) is 17.7 Å². The largest absolute Gasteiger partial charge is 0.344 e. The standard InChI is InChI=1S/C13H15ClN2/c14-11-2-1-10-5-8-16(13(10)9-11)12-3-6-15-7-4-12/h1-2,5,8-9,12,15H,3-4,6-7H2. The fourth-order valence-electron chi connectivity index (χ4n) is 2.53. The van der Waals surface area contributed by atoms with E-state index < -0.39 is 0 Å². The Kier molecular flexibility index (Phi) is 2.62. The number of aromatic nitrogens is 1. The van der Waals surface area contributed by atoms with Gasteiger partial charge in [0, 0.05) is 22.8 Å². The van der Waals surface area contributed by atoms with Gasteiger partial charge in [-0.3, -0.25) is 0 Å². The molecule has 2 heterocycles. The quantitative estimate of drug-likeness (QED) is 0.802. The van der Waals surface area contributed by atoms with Crippen LogP contribution in [0, 0.1) is 0 Å². The van der Waals surface area contributed by atoms with Crippen LogP contribution in [0.15, 0.2) is 30.5 Å². The lowest BCUT2D eigenvalue weighted by Crippen LogP contribution is -2.29. The molecule has 1 aliphatic rings. The zero-order chi connectivity index (χ0) is 11.0. The predicted octanol–water partition coefficient (Wildman–Crippen LogP) is 3.22. The van der Waals surface area contributed by atoms with Crippen molar-refractivity contribution in [1.82, 2.24) is 9.88 Å². The average molecular weight is 235 g/mol. The van der Waals surface area contributed by atoms with Crippen molar-refractivity contribution in [2.45, 2.75) is 18.9 Å². The third-order valence-electron chi connectivity index (χ3n) is 3.39. The van der Waals surface area contributed by atoms with Crippen LogP contribution in [-0.2, 0) is 0 Å². The molecule has 2 aromatic rings. The van der Waals surface area contributed by atoms with Gasteiger partial charge in [-0.25, -0.2) is 0 Å². The number of hydrogen-bond donors (Lipinski definition) is 1. The van der Waals surface area contributed by atoms with Crippen molar-refractivity contribution in [3.8, 4) is 0 Å². The summed E-state index contributed by atoms with van der Waals surface area (Å²) in [5.41, 5.74) is 1.26. The Balaban J connectivity index is 2.05. The molecule has 3 heteroatoms. The van der Waals surface area contributed by atoms with Gasteiger partial charge in [-0.15, -0.1) is 0 Å². The SMILES string of the molecule is Clc1ccc2ccn(C3CCNCC3)c2c1. The minimum Gasteiger partial charge on any atom is -0.344 e. The molecule has 1 saturated heterocycles. The molecule has 0 atom stereocenters. The lowest BCUT2D eigenvalue weighted by molar-refractivity contribution is 0.376. The third kappa shape index (κ3) is 1.72. The molecule has 0 aliphatic carbocycles. The van der Waals surface area contributed by atoms with Gasteiger partial charge in [0.15, 0.2) is 0 Å². The summed E-state index contributed by atoms with van der Waals surface area (Å²) in [4.78, 5) is 0. The lowest BCUT2D eigenvalue weighted by atomic mass is 10.1. The number of piperidine rings is 1. The number of fused-ring (bicyclic) bond motifs is 1. The van der Waals surface area contributed by atoms with Gasteiger partial charge < -0.3 is 9.88 Å². The number of nitrogens with zero attached hydrogens (tertiary/aromatic N) is 1. The smallest absolute Gasteiger partial charge is 0.0497 e.